The van der Waals surface area contributed by atoms with E-state index in [1.54, 1.807) is 18.2 Å². The summed E-state index contributed by atoms with van der Waals surface area (Å²) < 4.78 is 0. The lowest BCUT2D eigenvalue weighted by molar-refractivity contribution is -0.109. The van der Waals surface area contributed by atoms with Crippen molar-refractivity contribution in [2.45, 2.75) is 6.92 Å². The molecule has 0 aliphatic carbocycles. The van der Waals surface area contributed by atoms with E-state index in [9.17, 15) is 9.90 Å². The van der Waals surface area contributed by atoms with Crippen molar-refractivity contribution in [2.24, 2.45) is 0 Å². The SMILES string of the molecule is CC(=O)SCC=Cc1ccc(O)c(N)c1. The lowest BCUT2D eigenvalue weighted by atomic mass is 10.2. The van der Waals surface area contributed by atoms with Crippen LogP contribution in [0.2, 0.25) is 0 Å². The van der Waals surface area contributed by atoms with E-state index in [4.69, 9.17) is 5.73 Å². The predicted molar refractivity (Wildman–Crippen MR) is 64.7 cm³/mol. The van der Waals surface area contributed by atoms with Gasteiger partial charge in [0, 0.05) is 12.7 Å². The van der Waals surface area contributed by atoms with E-state index in [0.717, 1.165) is 5.56 Å². The van der Waals surface area contributed by atoms with Crippen LogP contribution in [0, 0.1) is 0 Å². The highest BCUT2D eigenvalue weighted by atomic mass is 32.2. The van der Waals surface area contributed by atoms with Gasteiger partial charge in [-0.25, -0.2) is 0 Å². The minimum Gasteiger partial charge on any atom is -0.506 e. The van der Waals surface area contributed by atoms with Crippen LogP contribution in [0.15, 0.2) is 24.3 Å². The smallest absolute Gasteiger partial charge is 0.186 e. The number of phenols is 1. The molecule has 15 heavy (non-hydrogen) atoms. The molecule has 0 aliphatic heterocycles. The van der Waals surface area contributed by atoms with Gasteiger partial charge in [-0.05, 0) is 17.7 Å². The number of anilines is 1. The van der Waals surface area contributed by atoms with Crippen molar-refractivity contribution >= 4 is 28.6 Å². The molecule has 1 aromatic carbocycles. The van der Waals surface area contributed by atoms with Crippen LogP contribution >= 0.6 is 11.8 Å². The highest BCUT2D eigenvalue weighted by Crippen LogP contribution is 2.21. The van der Waals surface area contributed by atoms with Crippen molar-refractivity contribution < 1.29 is 9.90 Å². The topological polar surface area (TPSA) is 63.3 Å². The first-order chi connectivity index (χ1) is 7.09. The zero-order valence-electron chi connectivity index (χ0n) is 8.43. The fourth-order valence-corrected chi connectivity index (χ4v) is 1.45. The summed E-state index contributed by atoms with van der Waals surface area (Å²) in [6.45, 7) is 1.54. The first-order valence-electron chi connectivity index (χ1n) is 4.48. The first-order valence-corrected chi connectivity index (χ1v) is 5.46. The van der Waals surface area contributed by atoms with Gasteiger partial charge in [0.2, 0.25) is 0 Å². The number of hydrogen-bond donors (Lipinski definition) is 2. The number of carbonyl (C=O) groups is 1. The Balaban J connectivity index is 2.57. The van der Waals surface area contributed by atoms with Gasteiger partial charge in [0.1, 0.15) is 5.75 Å². The van der Waals surface area contributed by atoms with E-state index in [0.29, 0.717) is 11.4 Å². The zero-order valence-corrected chi connectivity index (χ0v) is 9.25. The monoisotopic (exact) mass is 223 g/mol. The molecule has 1 aromatic rings. The van der Waals surface area contributed by atoms with Crippen molar-refractivity contribution in [2.75, 3.05) is 11.5 Å². The van der Waals surface area contributed by atoms with Gasteiger partial charge >= 0.3 is 0 Å². The third-order valence-electron chi connectivity index (χ3n) is 1.74. The molecule has 0 heterocycles. The number of benzene rings is 1. The molecular formula is C11H13NO2S. The van der Waals surface area contributed by atoms with Crippen molar-refractivity contribution in [1.29, 1.82) is 0 Å². The molecule has 0 aromatic heterocycles. The largest absolute Gasteiger partial charge is 0.506 e. The zero-order chi connectivity index (χ0) is 11.3. The van der Waals surface area contributed by atoms with Crippen LogP contribution < -0.4 is 5.73 Å². The summed E-state index contributed by atoms with van der Waals surface area (Å²) in [4.78, 5) is 10.6. The standard InChI is InChI=1S/C11H13NO2S/c1-8(13)15-6-2-3-9-4-5-11(14)10(12)7-9/h2-5,7,14H,6,12H2,1H3. The van der Waals surface area contributed by atoms with Gasteiger partial charge in [-0.2, -0.15) is 0 Å². The highest BCUT2D eigenvalue weighted by Gasteiger charge is 1.95. The summed E-state index contributed by atoms with van der Waals surface area (Å²) in [5.74, 6) is 0.737. The van der Waals surface area contributed by atoms with E-state index in [-0.39, 0.29) is 10.9 Å². The van der Waals surface area contributed by atoms with Crippen LogP contribution in [0.25, 0.3) is 6.08 Å². The van der Waals surface area contributed by atoms with Gasteiger partial charge in [-0.1, -0.05) is 30.0 Å². The third kappa shape index (κ3) is 4.08. The molecular weight excluding hydrogens is 210 g/mol. The Labute approximate surface area is 93.0 Å². The molecule has 0 aliphatic rings. The Morgan fingerprint density at radius 1 is 1.60 bits per heavy atom. The van der Waals surface area contributed by atoms with Gasteiger partial charge in [0.05, 0.1) is 5.69 Å². The molecule has 4 heteroatoms. The van der Waals surface area contributed by atoms with Gasteiger partial charge in [-0.15, -0.1) is 0 Å². The summed E-state index contributed by atoms with van der Waals surface area (Å²) in [6, 6.07) is 5.00. The molecule has 0 atom stereocenters. The second-order valence-electron chi connectivity index (χ2n) is 3.02. The van der Waals surface area contributed by atoms with E-state index >= 15 is 0 Å². The molecule has 0 saturated carbocycles. The molecule has 3 N–H and O–H groups in total. The highest BCUT2D eigenvalue weighted by molar-refractivity contribution is 8.13. The number of phenolic OH excluding ortho intramolecular Hbond substituents is 1. The lowest BCUT2D eigenvalue weighted by Crippen LogP contribution is -1.86. The maximum absolute atomic E-state index is 10.6. The minimum atomic E-state index is 0.0882. The van der Waals surface area contributed by atoms with Gasteiger partial charge in [-0.3, -0.25) is 4.79 Å². The Morgan fingerprint density at radius 3 is 2.93 bits per heavy atom. The summed E-state index contributed by atoms with van der Waals surface area (Å²) in [5, 5.41) is 9.29. The average Bonchev–Trinajstić information content (AvgIpc) is 2.18. The molecule has 0 amide bonds. The maximum atomic E-state index is 10.6. The normalized spacial score (nSPS) is 10.7. The number of aromatic hydroxyl groups is 1. The maximum Gasteiger partial charge on any atom is 0.186 e. The van der Waals surface area contributed by atoms with Gasteiger partial charge in [0.15, 0.2) is 5.12 Å². The fraction of sp³-hybridized carbons (Fsp3) is 0.182. The number of rotatable bonds is 3. The number of hydrogen-bond acceptors (Lipinski definition) is 4. The van der Waals surface area contributed by atoms with Crippen LogP contribution in [0.3, 0.4) is 0 Å². The van der Waals surface area contributed by atoms with Crippen molar-refractivity contribution in [3.05, 3.63) is 29.8 Å². The van der Waals surface area contributed by atoms with Crippen LogP contribution in [-0.4, -0.2) is 16.0 Å². The summed E-state index contributed by atoms with van der Waals surface area (Å²) >= 11 is 1.25. The Morgan fingerprint density at radius 2 is 2.33 bits per heavy atom. The molecule has 1 rings (SSSR count). The number of nitrogens with two attached hydrogens (primary N) is 1. The Hall–Kier alpha value is -1.42. The number of nitrogen functional groups attached to an aromatic ring is 1. The van der Waals surface area contributed by atoms with E-state index in [2.05, 4.69) is 0 Å². The van der Waals surface area contributed by atoms with Gasteiger partial charge in [0.25, 0.3) is 0 Å². The Bertz CT molecular complexity index is 388. The second kappa shape index (κ2) is 5.46. The van der Waals surface area contributed by atoms with E-state index in [1.165, 1.54) is 18.7 Å². The molecule has 0 radical (unpaired) electrons. The third-order valence-corrected chi connectivity index (χ3v) is 2.51. The first kappa shape index (κ1) is 11.7. The van der Waals surface area contributed by atoms with Crippen molar-refractivity contribution in [3.63, 3.8) is 0 Å². The molecule has 0 spiro atoms. The molecule has 0 fully saturated rings. The van der Waals surface area contributed by atoms with E-state index < -0.39 is 0 Å². The predicted octanol–water partition coefficient (Wildman–Crippen LogP) is 2.27. The summed E-state index contributed by atoms with van der Waals surface area (Å²) in [5.41, 5.74) is 6.80. The molecule has 80 valence electrons. The van der Waals surface area contributed by atoms with Gasteiger partial charge < -0.3 is 10.8 Å². The molecule has 0 unspecified atom stereocenters. The van der Waals surface area contributed by atoms with E-state index in [1.807, 2.05) is 12.2 Å². The van der Waals surface area contributed by atoms with Crippen molar-refractivity contribution in [1.82, 2.24) is 0 Å². The number of thioether (sulfide) groups is 1. The van der Waals surface area contributed by atoms with Crippen molar-refractivity contribution in [3.8, 4) is 5.75 Å². The number of carbonyl (C=O) groups excluding carboxylic acids is 1. The second-order valence-corrected chi connectivity index (χ2v) is 4.22. The quantitative estimate of drug-likeness (QED) is 0.609. The van der Waals surface area contributed by atoms with Crippen LogP contribution in [0.4, 0.5) is 5.69 Å². The molecule has 0 bridgehead atoms. The summed E-state index contributed by atoms with van der Waals surface area (Å²) in [6.07, 6.45) is 3.75. The molecule has 0 saturated heterocycles. The molecule has 3 nitrogen and oxygen atoms in total. The summed E-state index contributed by atoms with van der Waals surface area (Å²) in [7, 11) is 0. The Kier molecular flexibility index (Phi) is 4.24. The van der Waals surface area contributed by atoms with Crippen LogP contribution in [-0.2, 0) is 4.79 Å². The fourth-order valence-electron chi connectivity index (χ4n) is 1.03. The van der Waals surface area contributed by atoms with Crippen LogP contribution in [0.1, 0.15) is 12.5 Å². The lowest BCUT2D eigenvalue weighted by Gasteiger charge is -1.99. The minimum absolute atomic E-state index is 0.0882. The average molecular weight is 223 g/mol. The van der Waals surface area contributed by atoms with Crippen LogP contribution in [0.5, 0.6) is 5.75 Å².